The maximum absolute atomic E-state index is 12.4. The van der Waals surface area contributed by atoms with Crippen molar-refractivity contribution in [3.8, 4) is 5.75 Å². The number of anilines is 1. The van der Waals surface area contributed by atoms with Gasteiger partial charge in [-0.3, -0.25) is 10.1 Å². The van der Waals surface area contributed by atoms with E-state index in [0.29, 0.717) is 17.9 Å². The van der Waals surface area contributed by atoms with Gasteiger partial charge in [0.05, 0.1) is 18.8 Å². The molecule has 1 aliphatic rings. The lowest BCUT2D eigenvalue weighted by Crippen LogP contribution is -2.34. The van der Waals surface area contributed by atoms with Gasteiger partial charge in [0, 0.05) is 17.9 Å². The minimum absolute atomic E-state index is 0.145. The van der Waals surface area contributed by atoms with E-state index in [0.717, 1.165) is 25.2 Å². The van der Waals surface area contributed by atoms with Crippen molar-refractivity contribution in [1.29, 1.82) is 0 Å². The quantitative estimate of drug-likeness (QED) is 0.555. The molecule has 0 bridgehead atoms. The van der Waals surface area contributed by atoms with E-state index in [9.17, 15) is 9.59 Å². The number of thiocarbonyl (C=S) groups is 1. The summed E-state index contributed by atoms with van der Waals surface area (Å²) in [4.78, 5) is 23.9. The average Bonchev–Trinajstić information content (AvgIpc) is 3.26. The Kier molecular flexibility index (Phi) is 7.15. The highest BCUT2D eigenvalue weighted by Gasteiger charge is 2.16. The van der Waals surface area contributed by atoms with Crippen LogP contribution in [-0.4, -0.2) is 43.4 Å². The van der Waals surface area contributed by atoms with Crippen LogP contribution in [0.5, 0.6) is 5.75 Å². The number of carbonyl (C=O) groups excluding carboxylic acids is 2. The fourth-order valence-corrected chi connectivity index (χ4v) is 3.05. The number of methoxy groups -OCH3 is 1. The zero-order valence-corrected chi connectivity index (χ0v) is 16.8. The van der Waals surface area contributed by atoms with E-state index >= 15 is 0 Å². The summed E-state index contributed by atoms with van der Waals surface area (Å²) >= 11 is 5.19. The van der Waals surface area contributed by atoms with Gasteiger partial charge < -0.3 is 19.5 Å². The molecule has 2 aromatic rings. The van der Waals surface area contributed by atoms with E-state index in [1.165, 1.54) is 13.2 Å². The lowest BCUT2D eigenvalue weighted by Gasteiger charge is -2.13. The second kappa shape index (κ2) is 9.99. The number of hydrogen-bond donors (Lipinski definition) is 2. The maximum Gasteiger partial charge on any atom is 0.337 e. The van der Waals surface area contributed by atoms with Gasteiger partial charge in [0.25, 0.3) is 5.91 Å². The Hall–Kier alpha value is -2.97. The number of hydrogen-bond acceptors (Lipinski definition) is 6. The number of rotatable bonds is 6. The van der Waals surface area contributed by atoms with Crippen LogP contribution in [0.3, 0.4) is 0 Å². The maximum atomic E-state index is 12.4. The smallest absolute Gasteiger partial charge is 0.337 e. The third-order valence-electron chi connectivity index (χ3n) is 4.34. The van der Waals surface area contributed by atoms with Crippen molar-refractivity contribution < 1.29 is 23.8 Å². The summed E-state index contributed by atoms with van der Waals surface area (Å²) in [6.45, 7) is 1.33. The first-order chi connectivity index (χ1) is 14.0. The summed E-state index contributed by atoms with van der Waals surface area (Å²) in [6, 6.07) is 13.5. The van der Waals surface area contributed by atoms with E-state index < -0.39 is 11.9 Å². The highest BCUT2D eigenvalue weighted by atomic mass is 32.1. The molecule has 1 amide bonds. The number of nitrogens with one attached hydrogen (secondary N) is 2. The molecule has 1 unspecified atom stereocenters. The van der Waals surface area contributed by atoms with Crippen molar-refractivity contribution in [3.63, 3.8) is 0 Å². The fraction of sp³-hybridized carbons (Fsp3) is 0.286. The third kappa shape index (κ3) is 6.00. The van der Waals surface area contributed by atoms with Crippen molar-refractivity contribution in [2.24, 2.45) is 0 Å². The highest BCUT2D eigenvalue weighted by molar-refractivity contribution is 7.80. The first kappa shape index (κ1) is 20.8. The first-order valence-electron chi connectivity index (χ1n) is 9.20. The molecule has 2 N–H and O–H groups in total. The summed E-state index contributed by atoms with van der Waals surface area (Å²) in [5.74, 6) is -0.201. The van der Waals surface area contributed by atoms with E-state index in [1.807, 2.05) is 12.1 Å². The molecule has 0 radical (unpaired) electrons. The molecule has 0 saturated carbocycles. The Morgan fingerprint density at radius 1 is 1.17 bits per heavy atom. The van der Waals surface area contributed by atoms with Crippen LogP contribution in [0.2, 0.25) is 0 Å². The Morgan fingerprint density at radius 2 is 1.93 bits per heavy atom. The minimum Gasteiger partial charge on any atom is -0.491 e. The third-order valence-corrected chi connectivity index (χ3v) is 4.55. The van der Waals surface area contributed by atoms with Crippen LogP contribution in [-0.2, 0) is 9.47 Å². The highest BCUT2D eigenvalue weighted by Crippen LogP contribution is 2.18. The van der Waals surface area contributed by atoms with E-state index in [-0.39, 0.29) is 16.8 Å². The number of benzene rings is 2. The molecular formula is C21H22N2O5S. The largest absolute Gasteiger partial charge is 0.491 e. The Labute approximate surface area is 174 Å². The second-order valence-corrected chi connectivity index (χ2v) is 6.86. The summed E-state index contributed by atoms with van der Waals surface area (Å²) in [6.07, 6.45) is 2.26. The predicted molar refractivity (Wildman–Crippen MR) is 112 cm³/mol. The topological polar surface area (TPSA) is 85.9 Å². The average molecular weight is 414 g/mol. The number of ether oxygens (including phenoxy) is 3. The molecule has 1 atom stereocenters. The summed E-state index contributed by atoms with van der Waals surface area (Å²) in [5, 5.41) is 5.68. The van der Waals surface area contributed by atoms with Gasteiger partial charge in [-0.25, -0.2) is 4.79 Å². The number of amides is 1. The van der Waals surface area contributed by atoms with Gasteiger partial charge in [-0.2, -0.15) is 0 Å². The molecule has 0 spiro atoms. The molecule has 1 aliphatic heterocycles. The van der Waals surface area contributed by atoms with Crippen LogP contribution in [0.15, 0.2) is 48.5 Å². The molecule has 7 nitrogen and oxygen atoms in total. The fourth-order valence-electron chi connectivity index (χ4n) is 2.84. The lowest BCUT2D eigenvalue weighted by atomic mass is 10.1. The normalized spacial score (nSPS) is 15.4. The minimum atomic E-state index is -0.512. The molecule has 152 valence electrons. The van der Waals surface area contributed by atoms with Gasteiger partial charge in [0.2, 0.25) is 0 Å². The van der Waals surface area contributed by atoms with Crippen LogP contribution < -0.4 is 15.4 Å². The lowest BCUT2D eigenvalue weighted by molar-refractivity contribution is 0.0600. The second-order valence-electron chi connectivity index (χ2n) is 6.45. The monoisotopic (exact) mass is 414 g/mol. The standard InChI is InChI=1S/C21H22N2O5S/c1-26-20(25)15-5-2-4-14(12-15)19(24)23-21(29)22-16-7-9-17(10-8-16)28-13-18-6-3-11-27-18/h2,4-5,7-10,12,18H,3,6,11,13H2,1H3,(H2,22,23,24,29). The molecule has 1 heterocycles. The predicted octanol–water partition coefficient (Wildman–Crippen LogP) is 3.16. The first-order valence-corrected chi connectivity index (χ1v) is 9.61. The molecule has 0 aromatic heterocycles. The molecule has 3 rings (SSSR count). The van der Waals surface area contributed by atoms with Crippen molar-refractivity contribution in [2.45, 2.75) is 18.9 Å². The summed E-state index contributed by atoms with van der Waals surface area (Å²) in [5.41, 5.74) is 1.30. The van der Waals surface area contributed by atoms with Crippen LogP contribution in [0.25, 0.3) is 0 Å². The molecule has 1 saturated heterocycles. The number of carbonyl (C=O) groups is 2. The van der Waals surface area contributed by atoms with Crippen LogP contribution in [0.1, 0.15) is 33.6 Å². The van der Waals surface area contributed by atoms with Crippen LogP contribution in [0, 0.1) is 0 Å². The van der Waals surface area contributed by atoms with Crippen molar-refractivity contribution in [1.82, 2.24) is 5.32 Å². The molecule has 0 aliphatic carbocycles. The van der Waals surface area contributed by atoms with Gasteiger partial charge in [-0.05, 0) is 67.5 Å². The van der Waals surface area contributed by atoms with Crippen molar-refractivity contribution in [3.05, 3.63) is 59.7 Å². The van der Waals surface area contributed by atoms with Crippen molar-refractivity contribution >= 4 is 34.9 Å². The Balaban J connectivity index is 1.51. The zero-order valence-electron chi connectivity index (χ0n) is 16.0. The Bertz CT molecular complexity index is 879. The molecule has 1 fully saturated rings. The molecule has 29 heavy (non-hydrogen) atoms. The van der Waals surface area contributed by atoms with Gasteiger partial charge >= 0.3 is 5.97 Å². The van der Waals surface area contributed by atoms with Gasteiger partial charge in [-0.1, -0.05) is 6.07 Å². The van der Waals surface area contributed by atoms with Gasteiger partial charge in [0.1, 0.15) is 12.4 Å². The Morgan fingerprint density at radius 3 is 2.62 bits per heavy atom. The summed E-state index contributed by atoms with van der Waals surface area (Å²) in [7, 11) is 1.28. The molecule has 8 heteroatoms. The zero-order chi connectivity index (χ0) is 20.6. The SMILES string of the molecule is COC(=O)c1cccc(C(=O)NC(=S)Nc2ccc(OCC3CCCO3)cc2)c1. The van der Waals surface area contributed by atoms with Gasteiger partial charge in [-0.15, -0.1) is 0 Å². The van der Waals surface area contributed by atoms with E-state index in [4.69, 9.17) is 21.7 Å². The number of esters is 1. The molecular weight excluding hydrogens is 392 g/mol. The summed E-state index contributed by atoms with van der Waals surface area (Å²) < 4.78 is 15.9. The van der Waals surface area contributed by atoms with E-state index in [2.05, 4.69) is 15.4 Å². The van der Waals surface area contributed by atoms with E-state index in [1.54, 1.807) is 30.3 Å². The van der Waals surface area contributed by atoms with Crippen LogP contribution in [0.4, 0.5) is 5.69 Å². The van der Waals surface area contributed by atoms with Crippen LogP contribution >= 0.6 is 12.2 Å². The molecule has 2 aromatic carbocycles. The van der Waals surface area contributed by atoms with Crippen molar-refractivity contribution in [2.75, 3.05) is 25.6 Å². The van der Waals surface area contributed by atoms with Gasteiger partial charge in [0.15, 0.2) is 5.11 Å².